The molecule has 2 atom stereocenters. The van der Waals surface area contributed by atoms with Gasteiger partial charge in [-0.05, 0) is 19.9 Å². The van der Waals surface area contributed by atoms with Gasteiger partial charge in [0.2, 0.25) is 5.91 Å². The van der Waals surface area contributed by atoms with E-state index in [0.717, 1.165) is 0 Å². The topological polar surface area (TPSA) is 114 Å². The molecule has 1 aromatic rings. The Bertz CT molecular complexity index is 611. The third kappa shape index (κ3) is 2.60. The molecule has 1 saturated heterocycles. The first-order valence-electron chi connectivity index (χ1n) is 6.09. The molecule has 1 aliphatic rings. The van der Waals surface area contributed by atoms with Crippen molar-refractivity contribution >= 4 is 29.5 Å². The second-order valence-corrected chi connectivity index (χ2v) is 6.91. The van der Waals surface area contributed by atoms with Gasteiger partial charge in [0.25, 0.3) is 0 Å². The van der Waals surface area contributed by atoms with Crippen LogP contribution in [0.4, 0.5) is 5.88 Å². The maximum Gasteiger partial charge on any atom is 0.433 e. The molecular weight excluding hydrogens is 300 g/mol. The fourth-order valence-corrected chi connectivity index (χ4v) is 3.96. The minimum Gasteiger partial charge on any atom is -0.480 e. The number of rotatable bonds is 3. The maximum atomic E-state index is 11.8. The van der Waals surface area contributed by atoms with Crippen molar-refractivity contribution in [3.63, 3.8) is 0 Å². The average Bonchev–Trinajstić information content (AvgIpc) is 2.90. The van der Waals surface area contributed by atoms with E-state index in [9.17, 15) is 24.8 Å². The fourth-order valence-electron chi connectivity index (χ4n) is 2.41. The highest BCUT2D eigenvalue weighted by Gasteiger charge is 2.54. The van der Waals surface area contributed by atoms with Gasteiger partial charge in [-0.3, -0.25) is 14.9 Å². The molecule has 8 nitrogen and oxygen atoms in total. The molecule has 1 unspecified atom stereocenters. The van der Waals surface area contributed by atoms with Crippen molar-refractivity contribution in [3.05, 3.63) is 28.0 Å². The molecule has 0 aromatic carbocycles. The Hall–Kier alpha value is -2.03. The van der Waals surface area contributed by atoms with Gasteiger partial charge in [0.05, 0.1) is 6.07 Å². The van der Waals surface area contributed by atoms with Gasteiger partial charge in [0.1, 0.15) is 22.1 Å². The van der Waals surface area contributed by atoms with Crippen LogP contribution in [0.25, 0.3) is 0 Å². The normalized spacial score (nSPS) is 24.0. The lowest BCUT2D eigenvalue weighted by Gasteiger charge is -2.27. The Morgan fingerprint density at radius 2 is 2.10 bits per heavy atom. The van der Waals surface area contributed by atoms with Gasteiger partial charge in [-0.1, -0.05) is 0 Å². The summed E-state index contributed by atoms with van der Waals surface area (Å²) in [5, 5.41) is 19.4. The highest BCUT2D eigenvalue weighted by Crippen LogP contribution is 2.52. The standard InChI is InChI=1S/C12H14N2O6S/c1-6(15)13-9(11(16)17)12(2,3)21-10(13)7-4-5-8(20-7)14(18)19/h4-5,9-10H,1-3H3,(H,16,17)/t9?,10-/m0/s1. The number of nitro groups is 1. The lowest BCUT2D eigenvalue weighted by molar-refractivity contribution is -0.402. The minimum atomic E-state index is -1.12. The van der Waals surface area contributed by atoms with Crippen LogP contribution >= 0.6 is 11.8 Å². The van der Waals surface area contributed by atoms with Gasteiger partial charge in [-0.15, -0.1) is 11.8 Å². The molecule has 0 aliphatic carbocycles. The fraction of sp³-hybridized carbons (Fsp3) is 0.500. The number of carboxylic acids is 1. The van der Waals surface area contributed by atoms with Crippen LogP contribution in [-0.4, -0.2) is 37.6 Å². The highest BCUT2D eigenvalue weighted by molar-refractivity contribution is 8.01. The van der Waals surface area contributed by atoms with E-state index in [4.69, 9.17) is 4.42 Å². The molecule has 0 saturated carbocycles. The summed E-state index contributed by atoms with van der Waals surface area (Å²) >= 11 is 1.23. The van der Waals surface area contributed by atoms with E-state index >= 15 is 0 Å². The minimum absolute atomic E-state index is 0.193. The summed E-state index contributed by atoms with van der Waals surface area (Å²) in [7, 11) is 0. The van der Waals surface area contributed by atoms with Crippen molar-refractivity contribution in [3.8, 4) is 0 Å². The van der Waals surface area contributed by atoms with E-state index in [1.807, 2.05) is 0 Å². The van der Waals surface area contributed by atoms with E-state index < -0.39 is 38.8 Å². The Morgan fingerprint density at radius 1 is 1.48 bits per heavy atom. The molecule has 1 aliphatic heterocycles. The molecule has 0 bridgehead atoms. The predicted molar refractivity (Wildman–Crippen MR) is 73.7 cm³/mol. The molecule has 1 amide bonds. The molecule has 0 radical (unpaired) electrons. The molecule has 0 spiro atoms. The molecule has 114 valence electrons. The lowest BCUT2D eigenvalue weighted by atomic mass is 10.0. The zero-order valence-electron chi connectivity index (χ0n) is 11.6. The summed E-state index contributed by atoms with van der Waals surface area (Å²) in [6, 6.07) is 1.55. The van der Waals surface area contributed by atoms with E-state index in [-0.39, 0.29) is 5.76 Å². The first-order chi connectivity index (χ1) is 9.65. The van der Waals surface area contributed by atoms with E-state index in [2.05, 4.69) is 0 Å². The van der Waals surface area contributed by atoms with Crippen molar-refractivity contribution in [2.24, 2.45) is 0 Å². The molecule has 1 fully saturated rings. The van der Waals surface area contributed by atoms with Crippen molar-refractivity contribution < 1.29 is 24.0 Å². The monoisotopic (exact) mass is 314 g/mol. The molecule has 1 aromatic heterocycles. The van der Waals surface area contributed by atoms with Crippen LogP contribution in [0.2, 0.25) is 0 Å². The second-order valence-electron chi connectivity index (χ2n) is 5.17. The quantitative estimate of drug-likeness (QED) is 0.670. The summed E-state index contributed by atoms with van der Waals surface area (Å²) in [4.78, 5) is 34.5. The average molecular weight is 314 g/mol. The third-order valence-electron chi connectivity index (χ3n) is 3.24. The predicted octanol–water partition coefficient (Wildman–Crippen LogP) is 2.01. The Kier molecular flexibility index (Phi) is 3.70. The number of hydrogen-bond acceptors (Lipinski definition) is 6. The van der Waals surface area contributed by atoms with Gasteiger partial charge in [-0.25, -0.2) is 4.79 Å². The van der Waals surface area contributed by atoms with Crippen molar-refractivity contribution in [1.82, 2.24) is 4.90 Å². The number of aliphatic carboxylic acids is 1. The Labute approximate surface area is 124 Å². The van der Waals surface area contributed by atoms with Crippen LogP contribution in [-0.2, 0) is 9.59 Å². The zero-order chi connectivity index (χ0) is 15.9. The first kappa shape index (κ1) is 15.4. The number of furan rings is 1. The number of carbonyl (C=O) groups is 2. The molecule has 2 rings (SSSR count). The van der Waals surface area contributed by atoms with Crippen LogP contribution in [0.3, 0.4) is 0 Å². The third-order valence-corrected chi connectivity index (χ3v) is 4.75. The number of thioether (sulfide) groups is 1. The summed E-state index contributed by atoms with van der Waals surface area (Å²) < 4.78 is 4.38. The smallest absolute Gasteiger partial charge is 0.433 e. The number of carboxylic acid groups (broad SMARTS) is 1. The number of nitrogens with zero attached hydrogens (tertiary/aromatic N) is 2. The largest absolute Gasteiger partial charge is 0.480 e. The summed E-state index contributed by atoms with van der Waals surface area (Å²) in [5.74, 6) is -1.79. The van der Waals surface area contributed by atoms with Crippen LogP contribution < -0.4 is 0 Å². The second kappa shape index (κ2) is 5.06. The van der Waals surface area contributed by atoms with Crippen LogP contribution in [0.5, 0.6) is 0 Å². The van der Waals surface area contributed by atoms with Gasteiger partial charge in [0.15, 0.2) is 0 Å². The van der Waals surface area contributed by atoms with Gasteiger partial charge in [-0.2, -0.15) is 0 Å². The maximum absolute atomic E-state index is 11.8. The van der Waals surface area contributed by atoms with Crippen LogP contribution in [0.1, 0.15) is 31.9 Å². The molecule has 9 heteroatoms. The number of carbonyl (C=O) groups excluding carboxylic acids is 1. The van der Waals surface area contributed by atoms with Crippen molar-refractivity contribution in [2.45, 2.75) is 36.9 Å². The van der Waals surface area contributed by atoms with Crippen molar-refractivity contribution in [1.29, 1.82) is 0 Å². The zero-order valence-corrected chi connectivity index (χ0v) is 12.4. The molecule has 1 N–H and O–H groups in total. The SMILES string of the molecule is CC(=O)N1C(C(=O)O)C(C)(C)S[C@H]1c1ccc([N+](=O)[O-])o1. The number of hydrogen-bond donors (Lipinski definition) is 1. The first-order valence-corrected chi connectivity index (χ1v) is 6.97. The molecular formula is C12H14N2O6S. The summed E-state index contributed by atoms with van der Waals surface area (Å²) in [6.07, 6.45) is 0. The van der Waals surface area contributed by atoms with Gasteiger partial charge < -0.3 is 14.4 Å². The van der Waals surface area contributed by atoms with Gasteiger partial charge >= 0.3 is 11.9 Å². The van der Waals surface area contributed by atoms with E-state index in [1.165, 1.54) is 35.7 Å². The van der Waals surface area contributed by atoms with Crippen molar-refractivity contribution in [2.75, 3.05) is 0 Å². The van der Waals surface area contributed by atoms with Gasteiger partial charge in [0, 0.05) is 11.7 Å². The van der Waals surface area contributed by atoms with E-state index in [0.29, 0.717) is 0 Å². The molecule has 2 heterocycles. The van der Waals surface area contributed by atoms with Crippen LogP contribution in [0, 0.1) is 10.1 Å². The summed E-state index contributed by atoms with van der Waals surface area (Å²) in [5.41, 5.74) is 0. The lowest BCUT2D eigenvalue weighted by Crippen LogP contribution is -2.48. The highest BCUT2D eigenvalue weighted by atomic mass is 32.2. The Morgan fingerprint density at radius 3 is 2.52 bits per heavy atom. The number of amides is 1. The van der Waals surface area contributed by atoms with E-state index in [1.54, 1.807) is 13.8 Å². The van der Waals surface area contributed by atoms with Crippen LogP contribution in [0.15, 0.2) is 16.5 Å². The summed E-state index contributed by atoms with van der Waals surface area (Å²) in [6.45, 7) is 4.69. The Balaban J connectivity index is 2.44. The molecule has 21 heavy (non-hydrogen) atoms.